The Morgan fingerprint density at radius 1 is 1.29 bits per heavy atom. The number of likely N-dealkylation sites (tertiary alicyclic amines) is 1. The maximum atomic E-state index is 3.56. The van der Waals surface area contributed by atoms with Gasteiger partial charge < -0.3 is 10.2 Å². The van der Waals surface area contributed by atoms with E-state index in [0.29, 0.717) is 10.8 Å². The minimum Gasteiger partial charge on any atom is -0.316 e. The summed E-state index contributed by atoms with van der Waals surface area (Å²) in [5.74, 6) is 0. The largest absolute Gasteiger partial charge is 0.316 e. The van der Waals surface area contributed by atoms with Crippen LogP contribution < -0.4 is 5.32 Å². The lowest BCUT2D eigenvalue weighted by Crippen LogP contribution is -2.46. The molecule has 17 heavy (non-hydrogen) atoms. The van der Waals surface area contributed by atoms with Crippen LogP contribution in [0, 0.1) is 10.8 Å². The molecule has 2 heteroatoms. The van der Waals surface area contributed by atoms with Crippen molar-refractivity contribution in [2.45, 2.75) is 53.9 Å². The van der Waals surface area contributed by atoms with Gasteiger partial charge in [0.2, 0.25) is 0 Å². The van der Waals surface area contributed by atoms with Gasteiger partial charge in [-0.15, -0.1) is 0 Å². The second kappa shape index (κ2) is 6.19. The lowest BCUT2D eigenvalue weighted by Gasteiger charge is -2.41. The number of nitrogens with one attached hydrogen (secondary N) is 1. The number of piperidine rings is 1. The molecule has 2 nitrogen and oxygen atoms in total. The fourth-order valence-electron chi connectivity index (χ4n) is 2.94. The van der Waals surface area contributed by atoms with E-state index in [1.807, 2.05) is 0 Å². The van der Waals surface area contributed by atoms with Gasteiger partial charge in [-0.1, -0.05) is 34.6 Å². The van der Waals surface area contributed by atoms with E-state index in [0.717, 1.165) is 13.1 Å². The first-order chi connectivity index (χ1) is 7.85. The van der Waals surface area contributed by atoms with Crippen LogP contribution in [0.3, 0.4) is 0 Å². The minimum atomic E-state index is 0.391. The lowest BCUT2D eigenvalue weighted by atomic mass is 9.82. The average molecular weight is 240 g/mol. The molecule has 102 valence electrons. The third-order valence-electron chi connectivity index (χ3n) is 3.66. The third kappa shape index (κ3) is 5.87. The standard InChI is InChI=1S/C15H32N2/c1-6-9-16-11-15(4,5)13-17-10-7-8-14(2,3)12-17/h16H,6-13H2,1-5H3. The van der Waals surface area contributed by atoms with E-state index in [4.69, 9.17) is 0 Å². The van der Waals surface area contributed by atoms with Crippen molar-refractivity contribution in [1.82, 2.24) is 10.2 Å². The summed E-state index contributed by atoms with van der Waals surface area (Å²) in [5.41, 5.74) is 0.910. The monoisotopic (exact) mass is 240 g/mol. The number of rotatable bonds is 6. The predicted molar refractivity (Wildman–Crippen MR) is 76.4 cm³/mol. The van der Waals surface area contributed by atoms with Crippen molar-refractivity contribution >= 4 is 0 Å². The first-order valence-electron chi connectivity index (χ1n) is 7.28. The van der Waals surface area contributed by atoms with Crippen LogP contribution in [-0.4, -0.2) is 37.6 Å². The van der Waals surface area contributed by atoms with E-state index in [-0.39, 0.29) is 0 Å². The fraction of sp³-hybridized carbons (Fsp3) is 1.00. The van der Waals surface area contributed by atoms with E-state index in [1.165, 1.54) is 38.9 Å². The molecule has 1 rings (SSSR count). The molecule has 0 aromatic rings. The summed E-state index contributed by atoms with van der Waals surface area (Å²) < 4.78 is 0. The highest BCUT2D eigenvalue weighted by Crippen LogP contribution is 2.30. The zero-order valence-electron chi connectivity index (χ0n) is 12.6. The van der Waals surface area contributed by atoms with E-state index >= 15 is 0 Å². The van der Waals surface area contributed by atoms with Gasteiger partial charge in [0.25, 0.3) is 0 Å². The van der Waals surface area contributed by atoms with Crippen molar-refractivity contribution in [3.05, 3.63) is 0 Å². The van der Waals surface area contributed by atoms with E-state index in [9.17, 15) is 0 Å². The van der Waals surface area contributed by atoms with Gasteiger partial charge in [-0.05, 0) is 43.2 Å². The Labute approximate surface area is 108 Å². The van der Waals surface area contributed by atoms with Crippen LogP contribution in [0.1, 0.15) is 53.9 Å². The Morgan fingerprint density at radius 2 is 2.00 bits per heavy atom. The van der Waals surface area contributed by atoms with Crippen LogP contribution >= 0.6 is 0 Å². The van der Waals surface area contributed by atoms with Crippen LogP contribution in [0.15, 0.2) is 0 Å². The zero-order chi connectivity index (χ0) is 12.9. The molecule has 0 unspecified atom stereocenters. The second-order valence-electron chi connectivity index (χ2n) is 7.32. The van der Waals surface area contributed by atoms with Gasteiger partial charge in [-0.2, -0.15) is 0 Å². The highest BCUT2D eigenvalue weighted by molar-refractivity contribution is 4.84. The highest BCUT2D eigenvalue weighted by Gasteiger charge is 2.29. The van der Waals surface area contributed by atoms with Gasteiger partial charge in [-0.25, -0.2) is 0 Å². The zero-order valence-corrected chi connectivity index (χ0v) is 12.6. The molecule has 1 heterocycles. The van der Waals surface area contributed by atoms with E-state index < -0.39 is 0 Å². The van der Waals surface area contributed by atoms with Gasteiger partial charge in [0.1, 0.15) is 0 Å². The molecule has 1 aliphatic rings. The summed E-state index contributed by atoms with van der Waals surface area (Å²) in [4.78, 5) is 2.66. The second-order valence-corrected chi connectivity index (χ2v) is 7.32. The molecule has 1 aliphatic heterocycles. The molecular formula is C15H32N2. The van der Waals surface area contributed by atoms with E-state index in [1.54, 1.807) is 0 Å². The van der Waals surface area contributed by atoms with Gasteiger partial charge in [0.05, 0.1) is 0 Å². The van der Waals surface area contributed by atoms with Crippen LogP contribution in [0.4, 0.5) is 0 Å². The molecule has 0 bridgehead atoms. The Hall–Kier alpha value is -0.0800. The topological polar surface area (TPSA) is 15.3 Å². The van der Waals surface area contributed by atoms with Crippen molar-refractivity contribution in [2.75, 3.05) is 32.7 Å². The van der Waals surface area contributed by atoms with Crippen LogP contribution in [0.25, 0.3) is 0 Å². The van der Waals surface area contributed by atoms with Crippen molar-refractivity contribution in [3.63, 3.8) is 0 Å². The molecule has 1 fully saturated rings. The van der Waals surface area contributed by atoms with Crippen LogP contribution in [-0.2, 0) is 0 Å². The molecule has 1 N–H and O–H groups in total. The number of hydrogen-bond donors (Lipinski definition) is 1. The average Bonchev–Trinajstić information content (AvgIpc) is 2.15. The first-order valence-corrected chi connectivity index (χ1v) is 7.28. The van der Waals surface area contributed by atoms with Gasteiger partial charge in [0.15, 0.2) is 0 Å². The maximum Gasteiger partial charge on any atom is 0.00451 e. The van der Waals surface area contributed by atoms with Gasteiger partial charge in [-0.3, -0.25) is 0 Å². The lowest BCUT2D eigenvalue weighted by molar-refractivity contribution is 0.0806. The van der Waals surface area contributed by atoms with Crippen LogP contribution in [0.2, 0.25) is 0 Å². The normalized spacial score (nSPS) is 21.7. The maximum absolute atomic E-state index is 3.56. The molecule has 0 spiro atoms. The Bertz CT molecular complexity index is 221. The SMILES string of the molecule is CCCNCC(C)(C)CN1CCCC(C)(C)C1. The molecule has 1 saturated heterocycles. The molecule has 0 radical (unpaired) electrons. The third-order valence-corrected chi connectivity index (χ3v) is 3.66. The molecule has 0 aromatic carbocycles. The molecule has 0 saturated carbocycles. The Kier molecular flexibility index (Phi) is 5.46. The molecule has 0 aliphatic carbocycles. The molecular weight excluding hydrogens is 208 g/mol. The first kappa shape index (κ1) is 15.0. The van der Waals surface area contributed by atoms with E-state index in [2.05, 4.69) is 44.8 Å². The smallest absolute Gasteiger partial charge is 0.00451 e. The summed E-state index contributed by atoms with van der Waals surface area (Å²) >= 11 is 0. The predicted octanol–water partition coefficient (Wildman–Crippen LogP) is 3.13. The fourth-order valence-corrected chi connectivity index (χ4v) is 2.94. The highest BCUT2D eigenvalue weighted by atomic mass is 15.1. The van der Waals surface area contributed by atoms with Crippen molar-refractivity contribution in [3.8, 4) is 0 Å². The molecule has 0 amide bonds. The Balaban J connectivity index is 2.35. The molecule has 0 aromatic heterocycles. The van der Waals surface area contributed by atoms with Gasteiger partial charge >= 0.3 is 0 Å². The summed E-state index contributed by atoms with van der Waals surface area (Å²) in [5, 5.41) is 3.56. The van der Waals surface area contributed by atoms with Crippen molar-refractivity contribution in [2.24, 2.45) is 10.8 Å². The van der Waals surface area contributed by atoms with Gasteiger partial charge in [0, 0.05) is 19.6 Å². The number of nitrogens with zero attached hydrogens (tertiary/aromatic N) is 1. The Morgan fingerprint density at radius 3 is 2.59 bits per heavy atom. The summed E-state index contributed by atoms with van der Waals surface area (Å²) in [7, 11) is 0. The van der Waals surface area contributed by atoms with Crippen LogP contribution in [0.5, 0.6) is 0 Å². The minimum absolute atomic E-state index is 0.391. The summed E-state index contributed by atoms with van der Waals surface area (Å²) in [6.07, 6.45) is 3.98. The quantitative estimate of drug-likeness (QED) is 0.718. The number of hydrogen-bond acceptors (Lipinski definition) is 2. The summed E-state index contributed by atoms with van der Waals surface area (Å²) in [6.45, 7) is 17.9. The summed E-state index contributed by atoms with van der Waals surface area (Å²) in [6, 6.07) is 0. The molecule has 0 atom stereocenters. The van der Waals surface area contributed by atoms with Crippen molar-refractivity contribution in [1.29, 1.82) is 0 Å². The van der Waals surface area contributed by atoms with Crippen molar-refractivity contribution < 1.29 is 0 Å².